The minimum atomic E-state index is -1.38. The molecule has 0 saturated heterocycles. The first kappa shape index (κ1) is 29.9. The summed E-state index contributed by atoms with van der Waals surface area (Å²) in [5, 5.41) is 11.2. The summed E-state index contributed by atoms with van der Waals surface area (Å²) in [6, 6.07) is 15.8. The summed E-state index contributed by atoms with van der Waals surface area (Å²) in [6.45, 7) is 5.03. The van der Waals surface area contributed by atoms with Gasteiger partial charge in [0.05, 0.1) is 19.8 Å². The highest BCUT2D eigenvalue weighted by atomic mass is 16.8. The van der Waals surface area contributed by atoms with Gasteiger partial charge in [0.1, 0.15) is 12.2 Å². The molecule has 39 heavy (non-hydrogen) atoms. The van der Waals surface area contributed by atoms with Crippen molar-refractivity contribution >= 4 is 18.2 Å². The number of nitrogens with zero attached hydrogens (tertiary/aromatic N) is 2. The van der Waals surface area contributed by atoms with Crippen LogP contribution < -0.4 is 0 Å². The maximum Gasteiger partial charge on any atom is 0.528 e. The number of hydroxylamine groups is 2. The Kier molecular flexibility index (Phi) is 10.7. The van der Waals surface area contributed by atoms with Gasteiger partial charge in [-0.2, -0.15) is 0 Å². The Morgan fingerprint density at radius 2 is 1.62 bits per heavy atom. The van der Waals surface area contributed by atoms with E-state index >= 15 is 0 Å². The monoisotopic (exact) mass is 542 g/mol. The van der Waals surface area contributed by atoms with Crippen molar-refractivity contribution in [3.05, 3.63) is 71.8 Å². The van der Waals surface area contributed by atoms with E-state index in [1.807, 2.05) is 24.3 Å². The molecule has 0 heterocycles. The van der Waals surface area contributed by atoms with Crippen LogP contribution in [0.5, 0.6) is 0 Å². The van der Waals surface area contributed by atoms with Gasteiger partial charge in [-0.3, -0.25) is 4.79 Å². The largest absolute Gasteiger partial charge is 0.528 e. The maximum atomic E-state index is 13.2. The van der Waals surface area contributed by atoms with Crippen LogP contribution in [-0.2, 0) is 30.4 Å². The molecule has 1 amide bonds. The molecule has 10 heteroatoms. The second-order valence-electron chi connectivity index (χ2n) is 10.5. The summed E-state index contributed by atoms with van der Waals surface area (Å²) in [5.41, 5.74) is 0.658. The first-order valence-corrected chi connectivity index (χ1v) is 13.0. The van der Waals surface area contributed by atoms with Crippen LogP contribution >= 0.6 is 0 Å². The number of rotatable bonds is 12. The third-order valence-electron chi connectivity index (χ3n) is 6.04. The van der Waals surface area contributed by atoms with Crippen LogP contribution in [0.3, 0.4) is 0 Å². The van der Waals surface area contributed by atoms with E-state index in [9.17, 15) is 19.5 Å². The maximum absolute atomic E-state index is 13.2. The highest BCUT2D eigenvalue weighted by Gasteiger charge is 2.40. The van der Waals surface area contributed by atoms with Crippen LogP contribution in [0.15, 0.2) is 60.7 Å². The van der Waals surface area contributed by atoms with E-state index in [4.69, 9.17) is 19.0 Å². The second-order valence-corrected chi connectivity index (χ2v) is 10.5. The zero-order valence-corrected chi connectivity index (χ0v) is 22.9. The summed E-state index contributed by atoms with van der Waals surface area (Å²) >= 11 is 0. The highest BCUT2D eigenvalue weighted by molar-refractivity contribution is 5.76. The average molecular weight is 543 g/mol. The number of hydrogen-bond donors (Lipinski definition) is 1. The third-order valence-corrected chi connectivity index (χ3v) is 6.04. The average Bonchev–Trinajstić information content (AvgIpc) is 3.74. The van der Waals surface area contributed by atoms with E-state index in [2.05, 4.69) is 0 Å². The number of ether oxygens (including phenoxy) is 3. The Labute approximate surface area is 229 Å². The molecule has 0 aromatic heterocycles. The standard InChI is InChI=1S/C29H38N2O8/c1-29(2,3)38-27(34)30(17-21-15-16-21)18-24(23-13-9-6-10-14-23)31(25(19-32)26(33)36-4)39-28(35)37-20-22-11-7-5-8-12-22/h5-14,21,24-25,32H,15-20H2,1-4H3/t24-,25-/m1/s1. The lowest BCUT2D eigenvalue weighted by molar-refractivity contribution is -0.205. The molecule has 0 unspecified atom stereocenters. The normalized spacial score (nSPS) is 14.7. The van der Waals surface area contributed by atoms with Crippen molar-refractivity contribution in [3.8, 4) is 0 Å². The Bertz CT molecular complexity index is 1070. The van der Waals surface area contributed by atoms with Gasteiger partial charge in [-0.15, -0.1) is 5.06 Å². The lowest BCUT2D eigenvalue weighted by Crippen LogP contribution is -2.51. The van der Waals surface area contributed by atoms with Gasteiger partial charge in [-0.25, -0.2) is 9.59 Å². The van der Waals surface area contributed by atoms with Crippen molar-refractivity contribution in [2.45, 2.75) is 57.9 Å². The molecular formula is C29H38N2O8. The predicted molar refractivity (Wildman–Crippen MR) is 142 cm³/mol. The predicted octanol–water partition coefficient (Wildman–Crippen LogP) is 4.48. The minimum absolute atomic E-state index is 0.00882. The Hall–Kier alpha value is -3.63. The molecule has 3 rings (SSSR count). The quantitative estimate of drug-likeness (QED) is 0.235. The van der Waals surface area contributed by atoms with Crippen molar-refractivity contribution in [3.63, 3.8) is 0 Å². The second kappa shape index (κ2) is 14.0. The fourth-order valence-electron chi connectivity index (χ4n) is 3.95. The van der Waals surface area contributed by atoms with Crippen molar-refractivity contribution < 1.29 is 38.5 Å². The molecule has 1 aliphatic carbocycles. The van der Waals surface area contributed by atoms with Crippen molar-refractivity contribution in [2.24, 2.45) is 5.92 Å². The fraction of sp³-hybridized carbons (Fsp3) is 0.483. The molecule has 10 nitrogen and oxygen atoms in total. The van der Waals surface area contributed by atoms with Gasteiger partial charge in [0.15, 0.2) is 6.04 Å². The van der Waals surface area contributed by atoms with Gasteiger partial charge in [-0.05, 0) is 50.7 Å². The third kappa shape index (κ3) is 9.56. The van der Waals surface area contributed by atoms with Crippen LogP contribution in [-0.4, -0.2) is 71.7 Å². The van der Waals surface area contributed by atoms with Gasteiger partial charge in [-0.1, -0.05) is 60.7 Å². The molecule has 0 aliphatic heterocycles. The van der Waals surface area contributed by atoms with E-state index in [1.54, 1.807) is 62.1 Å². The lowest BCUT2D eigenvalue weighted by Gasteiger charge is -2.37. The van der Waals surface area contributed by atoms with E-state index in [0.717, 1.165) is 23.5 Å². The molecule has 1 aliphatic rings. The molecule has 0 bridgehead atoms. The number of aliphatic hydroxyl groups excluding tert-OH is 1. The lowest BCUT2D eigenvalue weighted by atomic mass is 10.0. The minimum Gasteiger partial charge on any atom is -0.468 e. The number of aliphatic hydroxyl groups is 1. The van der Waals surface area contributed by atoms with Crippen LogP contribution in [0.25, 0.3) is 0 Å². The smallest absolute Gasteiger partial charge is 0.468 e. The Morgan fingerprint density at radius 3 is 2.15 bits per heavy atom. The number of benzene rings is 2. The van der Waals surface area contributed by atoms with Crippen molar-refractivity contribution in [1.29, 1.82) is 0 Å². The van der Waals surface area contributed by atoms with E-state index < -0.39 is 42.5 Å². The molecule has 2 aromatic rings. The molecule has 1 fully saturated rings. The summed E-state index contributed by atoms with van der Waals surface area (Å²) in [4.78, 5) is 46.0. The fourth-order valence-corrected chi connectivity index (χ4v) is 3.95. The van der Waals surface area contributed by atoms with Crippen LogP contribution in [0.2, 0.25) is 0 Å². The van der Waals surface area contributed by atoms with E-state index in [0.29, 0.717) is 18.0 Å². The Morgan fingerprint density at radius 1 is 1.00 bits per heavy atom. The van der Waals surface area contributed by atoms with E-state index in [1.165, 1.54) is 7.11 Å². The van der Waals surface area contributed by atoms with Gasteiger partial charge >= 0.3 is 18.2 Å². The van der Waals surface area contributed by atoms with Crippen molar-refractivity contribution in [2.75, 3.05) is 26.8 Å². The highest BCUT2D eigenvalue weighted by Crippen LogP contribution is 2.33. The molecule has 2 atom stereocenters. The number of esters is 1. The van der Waals surface area contributed by atoms with Gasteiger partial charge in [0.2, 0.25) is 0 Å². The topological polar surface area (TPSA) is 115 Å². The molecule has 1 N–H and O–H groups in total. The van der Waals surface area contributed by atoms with Gasteiger partial charge in [0.25, 0.3) is 0 Å². The molecule has 0 spiro atoms. The van der Waals surface area contributed by atoms with Crippen LogP contribution in [0.1, 0.15) is 50.8 Å². The summed E-state index contributed by atoms with van der Waals surface area (Å²) in [7, 11) is 1.18. The number of carbonyl (C=O) groups excluding carboxylic acids is 3. The molecule has 2 aromatic carbocycles. The zero-order valence-electron chi connectivity index (χ0n) is 22.9. The molecule has 0 radical (unpaired) electrons. The SMILES string of the molecule is COC(=O)[C@@H](CO)N(OC(=O)OCc1ccccc1)[C@H](CN(CC1CC1)C(=O)OC(C)(C)C)c1ccccc1. The summed E-state index contributed by atoms with van der Waals surface area (Å²) < 4.78 is 15.9. The van der Waals surface area contributed by atoms with Gasteiger partial charge < -0.3 is 29.1 Å². The molecule has 212 valence electrons. The van der Waals surface area contributed by atoms with Gasteiger partial charge in [0, 0.05) is 13.1 Å². The van der Waals surface area contributed by atoms with Crippen molar-refractivity contribution in [1.82, 2.24) is 9.96 Å². The number of carbonyl (C=O) groups is 3. The number of hydrogen-bond acceptors (Lipinski definition) is 9. The zero-order chi connectivity index (χ0) is 28.4. The number of amides is 1. The summed E-state index contributed by atoms with van der Waals surface area (Å²) in [6.07, 6.45) is 0.375. The van der Waals surface area contributed by atoms with Crippen LogP contribution in [0, 0.1) is 5.92 Å². The van der Waals surface area contributed by atoms with E-state index in [-0.39, 0.29) is 13.2 Å². The van der Waals surface area contributed by atoms with Crippen LogP contribution in [0.4, 0.5) is 9.59 Å². The molecular weight excluding hydrogens is 504 g/mol. The first-order valence-electron chi connectivity index (χ1n) is 13.0. The Balaban J connectivity index is 1.93. The number of methoxy groups -OCH3 is 1. The molecule has 1 saturated carbocycles. The first-order chi connectivity index (χ1) is 18.6. The summed E-state index contributed by atoms with van der Waals surface area (Å²) in [5.74, 6) is -0.492.